The van der Waals surface area contributed by atoms with Gasteiger partial charge in [0.2, 0.25) is 0 Å². The number of fused-ring (bicyclic) bond motifs is 1. The predicted molar refractivity (Wildman–Crippen MR) is 98.5 cm³/mol. The van der Waals surface area contributed by atoms with Gasteiger partial charge in [0.05, 0.1) is 5.02 Å². The molecule has 0 spiro atoms. The van der Waals surface area contributed by atoms with Gasteiger partial charge in [-0.05, 0) is 49.8 Å². The number of amides is 1. The molecule has 4 rings (SSSR count). The molecule has 1 amide bonds. The topological polar surface area (TPSA) is 33.2 Å². The molecule has 2 heterocycles. The monoisotopic (exact) mass is 378 g/mol. The lowest BCUT2D eigenvalue weighted by Crippen LogP contribution is -2.49. The molecule has 2 atom stereocenters. The van der Waals surface area contributed by atoms with E-state index in [9.17, 15) is 9.18 Å². The van der Waals surface area contributed by atoms with Crippen molar-refractivity contribution in [3.63, 3.8) is 0 Å². The van der Waals surface area contributed by atoms with Crippen LogP contribution in [-0.2, 0) is 0 Å². The number of thiazole rings is 1. The Morgan fingerprint density at radius 1 is 1.24 bits per heavy atom. The van der Waals surface area contributed by atoms with Crippen molar-refractivity contribution in [2.24, 2.45) is 5.92 Å². The molecule has 6 heteroatoms. The fourth-order valence-electron chi connectivity index (χ4n) is 4.16. The Labute approximate surface area is 155 Å². The first kappa shape index (κ1) is 17.0. The number of piperidine rings is 1. The zero-order valence-electron chi connectivity index (χ0n) is 13.9. The summed E-state index contributed by atoms with van der Waals surface area (Å²) >= 11 is 7.26. The van der Waals surface area contributed by atoms with E-state index in [4.69, 9.17) is 11.6 Å². The third kappa shape index (κ3) is 3.32. The molecule has 1 aliphatic carbocycles. The molecule has 1 saturated carbocycles. The van der Waals surface area contributed by atoms with Crippen molar-refractivity contribution in [1.82, 2.24) is 9.88 Å². The summed E-state index contributed by atoms with van der Waals surface area (Å²) in [6.07, 6.45) is 7.17. The van der Waals surface area contributed by atoms with Crippen LogP contribution in [0.2, 0.25) is 5.02 Å². The van der Waals surface area contributed by atoms with Crippen LogP contribution in [0.25, 0.3) is 10.6 Å². The maximum atomic E-state index is 13.3. The van der Waals surface area contributed by atoms with Gasteiger partial charge in [-0.25, -0.2) is 9.37 Å². The number of aromatic nitrogens is 1. The van der Waals surface area contributed by atoms with Crippen LogP contribution in [0.1, 0.15) is 49.0 Å². The summed E-state index contributed by atoms with van der Waals surface area (Å²) in [5.41, 5.74) is 1.23. The first-order chi connectivity index (χ1) is 12.1. The van der Waals surface area contributed by atoms with Gasteiger partial charge in [0.25, 0.3) is 5.91 Å². The first-order valence-electron chi connectivity index (χ1n) is 8.85. The molecule has 2 aromatic rings. The number of halogens is 2. The van der Waals surface area contributed by atoms with E-state index in [0.717, 1.165) is 24.9 Å². The molecule has 0 radical (unpaired) electrons. The van der Waals surface area contributed by atoms with E-state index < -0.39 is 5.82 Å². The minimum Gasteiger partial charge on any atom is -0.334 e. The van der Waals surface area contributed by atoms with E-state index >= 15 is 0 Å². The highest BCUT2D eigenvalue weighted by Gasteiger charge is 2.36. The molecule has 1 saturated heterocycles. The van der Waals surface area contributed by atoms with Crippen molar-refractivity contribution in [2.45, 2.75) is 44.6 Å². The first-order valence-corrected chi connectivity index (χ1v) is 10.1. The highest BCUT2D eigenvalue weighted by Crippen LogP contribution is 2.36. The Morgan fingerprint density at radius 2 is 2.04 bits per heavy atom. The van der Waals surface area contributed by atoms with Gasteiger partial charge in [0.1, 0.15) is 16.5 Å². The number of nitrogens with zero attached hydrogens (tertiary/aromatic N) is 2. The number of rotatable bonds is 2. The standard InChI is InChI=1S/C19H20ClFN2OS/c20-14-10-13(7-8-15(14)21)18-22-16(11-25-18)19(24)23-9-3-5-12-4-1-2-6-17(12)23/h7-8,10-12,17H,1-6,9H2. The van der Waals surface area contributed by atoms with E-state index in [1.807, 2.05) is 4.90 Å². The van der Waals surface area contributed by atoms with Gasteiger partial charge in [0.15, 0.2) is 0 Å². The molecule has 1 aromatic carbocycles. The quantitative estimate of drug-likeness (QED) is 0.701. The summed E-state index contributed by atoms with van der Waals surface area (Å²) in [5, 5.41) is 2.57. The summed E-state index contributed by atoms with van der Waals surface area (Å²) in [4.78, 5) is 19.6. The van der Waals surface area contributed by atoms with Gasteiger partial charge >= 0.3 is 0 Å². The van der Waals surface area contributed by atoms with Crippen molar-refractivity contribution in [2.75, 3.05) is 6.54 Å². The molecule has 0 bridgehead atoms. The second-order valence-corrected chi connectivity index (χ2v) is 8.18. The minimum atomic E-state index is -0.449. The van der Waals surface area contributed by atoms with Crippen molar-refractivity contribution in [1.29, 1.82) is 0 Å². The molecular formula is C19H20ClFN2OS. The number of carbonyl (C=O) groups excluding carboxylic acids is 1. The van der Waals surface area contributed by atoms with E-state index in [2.05, 4.69) is 4.98 Å². The van der Waals surface area contributed by atoms with Gasteiger partial charge < -0.3 is 4.90 Å². The van der Waals surface area contributed by atoms with Gasteiger partial charge in [0, 0.05) is 23.5 Å². The maximum absolute atomic E-state index is 13.3. The number of hydrogen-bond acceptors (Lipinski definition) is 3. The highest BCUT2D eigenvalue weighted by molar-refractivity contribution is 7.13. The maximum Gasteiger partial charge on any atom is 0.273 e. The van der Waals surface area contributed by atoms with Crippen molar-refractivity contribution < 1.29 is 9.18 Å². The SMILES string of the molecule is O=C(c1csc(-c2ccc(F)c(Cl)c2)n1)N1CCCC2CCCCC21. The third-order valence-corrected chi connectivity index (χ3v) is 6.57. The molecule has 1 aliphatic heterocycles. The lowest BCUT2D eigenvalue weighted by atomic mass is 9.78. The molecule has 0 N–H and O–H groups in total. The molecular weight excluding hydrogens is 359 g/mol. The van der Waals surface area contributed by atoms with Gasteiger partial charge in [-0.15, -0.1) is 11.3 Å². The van der Waals surface area contributed by atoms with Crippen molar-refractivity contribution >= 4 is 28.8 Å². The van der Waals surface area contributed by atoms with Crippen LogP contribution in [0.4, 0.5) is 4.39 Å². The van der Waals surface area contributed by atoms with Gasteiger partial charge in [-0.3, -0.25) is 4.79 Å². The number of likely N-dealkylation sites (tertiary alicyclic amines) is 1. The van der Waals surface area contributed by atoms with Crippen LogP contribution in [0.15, 0.2) is 23.6 Å². The molecule has 25 heavy (non-hydrogen) atoms. The van der Waals surface area contributed by atoms with Crippen LogP contribution in [0, 0.1) is 11.7 Å². The fraction of sp³-hybridized carbons (Fsp3) is 0.474. The Kier molecular flexibility index (Phi) is 4.78. The number of benzene rings is 1. The highest BCUT2D eigenvalue weighted by atomic mass is 35.5. The molecule has 2 fully saturated rings. The zero-order valence-corrected chi connectivity index (χ0v) is 15.5. The van der Waals surface area contributed by atoms with E-state index in [-0.39, 0.29) is 10.9 Å². The van der Waals surface area contributed by atoms with Crippen LogP contribution in [0.5, 0.6) is 0 Å². The lowest BCUT2D eigenvalue weighted by molar-refractivity contribution is 0.0386. The fourth-order valence-corrected chi connectivity index (χ4v) is 5.13. The van der Waals surface area contributed by atoms with Gasteiger partial charge in [-0.1, -0.05) is 24.4 Å². The molecule has 2 unspecified atom stereocenters. The third-order valence-electron chi connectivity index (χ3n) is 5.39. The summed E-state index contributed by atoms with van der Waals surface area (Å²) < 4.78 is 13.3. The molecule has 3 nitrogen and oxygen atoms in total. The van der Waals surface area contributed by atoms with Crippen molar-refractivity contribution in [3.05, 3.63) is 40.1 Å². The van der Waals surface area contributed by atoms with Gasteiger partial charge in [-0.2, -0.15) is 0 Å². The van der Waals surface area contributed by atoms with Crippen LogP contribution < -0.4 is 0 Å². The van der Waals surface area contributed by atoms with E-state index in [0.29, 0.717) is 22.7 Å². The summed E-state index contributed by atoms with van der Waals surface area (Å²) in [6.45, 7) is 0.829. The number of carbonyl (C=O) groups is 1. The second kappa shape index (κ2) is 7.04. The average molecular weight is 379 g/mol. The Balaban J connectivity index is 1.56. The van der Waals surface area contributed by atoms with Crippen molar-refractivity contribution in [3.8, 4) is 10.6 Å². The second-order valence-electron chi connectivity index (χ2n) is 6.92. The summed E-state index contributed by atoms with van der Waals surface area (Å²) in [7, 11) is 0. The average Bonchev–Trinajstić information content (AvgIpc) is 3.13. The summed E-state index contributed by atoms with van der Waals surface area (Å²) in [6, 6.07) is 4.91. The van der Waals surface area contributed by atoms with Crippen LogP contribution in [0.3, 0.4) is 0 Å². The predicted octanol–water partition coefficient (Wildman–Crippen LogP) is 5.40. The Bertz CT molecular complexity index is 791. The Hall–Kier alpha value is -1.46. The smallest absolute Gasteiger partial charge is 0.273 e. The summed E-state index contributed by atoms with van der Waals surface area (Å²) in [5.74, 6) is 0.239. The lowest BCUT2D eigenvalue weighted by Gasteiger charge is -2.43. The minimum absolute atomic E-state index is 0.0345. The molecule has 2 aliphatic rings. The van der Waals surface area contributed by atoms with Crippen LogP contribution >= 0.6 is 22.9 Å². The van der Waals surface area contributed by atoms with Crippen LogP contribution in [-0.4, -0.2) is 28.4 Å². The molecule has 1 aromatic heterocycles. The largest absolute Gasteiger partial charge is 0.334 e. The zero-order chi connectivity index (χ0) is 17.4. The number of hydrogen-bond donors (Lipinski definition) is 0. The van der Waals surface area contributed by atoms with E-state index in [1.54, 1.807) is 17.5 Å². The normalized spacial score (nSPS) is 23.4. The van der Waals surface area contributed by atoms with E-state index in [1.165, 1.54) is 43.1 Å². The Morgan fingerprint density at radius 3 is 2.88 bits per heavy atom. The molecule has 132 valence electrons.